The highest BCUT2D eigenvalue weighted by molar-refractivity contribution is 7.89. The van der Waals surface area contributed by atoms with E-state index in [2.05, 4.69) is 15.5 Å². The van der Waals surface area contributed by atoms with Crippen molar-refractivity contribution in [3.63, 3.8) is 0 Å². The topological polar surface area (TPSA) is 141 Å². The van der Waals surface area contributed by atoms with Crippen LogP contribution < -0.4 is 10.0 Å². The Labute approximate surface area is 103 Å². The Balaban J connectivity index is 3.09. The molecule has 1 rings (SSSR count). The first-order chi connectivity index (χ1) is 8.29. The van der Waals surface area contributed by atoms with Crippen molar-refractivity contribution in [2.24, 2.45) is 0 Å². The Kier molecular flexibility index (Phi) is 4.03. The van der Waals surface area contributed by atoms with Crippen molar-refractivity contribution < 1.29 is 23.1 Å². The predicted octanol–water partition coefficient (Wildman–Crippen LogP) is -1.56. The van der Waals surface area contributed by atoms with Gasteiger partial charge < -0.3 is 10.4 Å². The van der Waals surface area contributed by atoms with Gasteiger partial charge in [0, 0.05) is 7.05 Å². The van der Waals surface area contributed by atoms with Gasteiger partial charge in [-0.15, -0.1) is 0 Å². The van der Waals surface area contributed by atoms with Crippen molar-refractivity contribution >= 4 is 21.9 Å². The lowest BCUT2D eigenvalue weighted by Gasteiger charge is -2.05. The summed E-state index contributed by atoms with van der Waals surface area (Å²) >= 11 is 0. The second-order valence-electron chi connectivity index (χ2n) is 3.33. The van der Waals surface area contributed by atoms with Gasteiger partial charge in [-0.05, 0) is 6.92 Å². The molecule has 9 nitrogen and oxygen atoms in total. The van der Waals surface area contributed by atoms with Crippen molar-refractivity contribution in [1.82, 2.24) is 20.2 Å². The Morgan fingerprint density at radius 2 is 2.06 bits per heavy atom. The quantitative estimate of drug-likeness (QED) is 0.512. The summed E-state index contributed by atoms with van der Waals surface area (Å²) < 4.78 is 25.7. The largest absolute Gasteiger partial charge is 0.476 e. The first-order valence-electron chi connectivity index (χ1n) is 4.78. The molecule has 0 radical (unpaired) electrons. The molecule has 0 fully saturated rings. The van der Waals surface area contributed by atoms with Crippen LogP contribution in [0.2, 0.25) is 0 Å². The molecule has 1 aromatic rings. The maximum absolute atomic E-state index is 11.8. The number of H-pyrrole nitrogens is 1. The van der Waals surface area contributed by atoms with Gasteiger partial charge in [-0.1, -0.05) is 0 Å². The second-order valence-corrected chi connectivity index (χ2v) is 5.03. The summed E-state index contributed by atoms with van der Waals surface area (Å²) in [6.07, 6.45) is 0. The van der Waals surface area contributed by atoms with Crippen molar-refractivity contribution in [3.05, 3.63) is 11.4 Å². The predicted molar refractivity (Wildman–Crippen MR) is 59.5 cm³/mol. The third kappa shape index (κ3) is 2.84. The highest BCUT2D eigenvalue weighted by Crippen LogP contribution is 2.16. The molecule has 0 aliphatic rings. The van der Waals surface area contributed by atoms with Crippen molar-refractivity contribution in [3.8, 4) is 0 Å². The van der Waals surface area contributed by atoms with E-state index in [1.165, 1.54) is 14.0 Å². The lowest BCUT2D eigenvalue weighted by Crippen LogP contribution is -2.35. The zero-order valence-corrected chi connectivity index (χ0v) is 10.5. The van der Waals surface area contributed by atoms with Gasteiger partial charge in [-0.2, -0.15) is 5.10 Å². The van der Waals surface area contributed by atoms with E-state index in [1.807, 2.05) is 4.72 Å². The van der Waals surface area contributed by atoms with Gasteiger partial charge in [0.25, 0.3) is 0 Å². The fraction of sp³-hybridized carbons (Fsp3) is 0.375. The molecular weight excluding hydrogens is 264 g/mol. The van der Waals surface area contributed by atoms with Crippen LogP contribution in [-0.4, -0.2) is 49.2 Å². The molecule has 0 bridgehead atoms. The van der Waals surface area contributed by atoms with Gasteiger partial charge in [-0.3, -0.25) is 9.89 Å². The lowest BCUT2D eigenvalue weighted by molar-refractivity contribution is -0.119. The SMILES string of the molecule is CNC(=O)CNS(=O)(=O)c1c(C(=O)O)n[nH]c1C. The number of aromatic nitrogens is 2. The number of hydrogen-bond acceptors (Lipinski definition) is 5. The number of sulfonamides is 1. The molecule has 0 unspecified atom stereocenters. The molecule has 0 atom stereocenters. The molecule has 18 heavy (non-hydrogen) atoms. The zero-order chi connectivity index (χ0) is 13.9. The number of carboxylic acids is 1. The maximum atomic E-state index is 11.8. The van der Waals surface area contributed by atoms with E-state index in [0.29, 0.717) is 0 Å². The van der Waals surface area contributed by atoms with Crippen LogP contribution in [0, 0.1) is 6.92 Å². The average molecular weight is 276 g/mol. The van der Waals surface area contributed by atoms with Crippen LogP contribution in [-0.2, 0) is 14.8 Å². The fourth-order valence-corrected chi connectivity index (χ4v) is 2.52. The average Bonchev–Trinajstić information content (AvgIpc) is 2.69. The zero-order valence-electron chi connectivity index (χ0n) is 9.64. The van der Waals surface area contributed by atoms with Crippen LogP contribution in [0.3, 0.4) is 0 Å². The van der Waals surface area contributed by atoms with Gasteiger partial charge in [0.1, 0.15) is 4.90 Å². The molecule has 1 heterocycles. The summed E-state index contributed by atoms with van der Waals surface area (Å²) in [6, 6.07) is 0. The third-order valence-electron chi connectivity index (χ3n) is 2.06. The van der Waals surface area contributed by atoms with Crippen molar-refractivity contribution in [2.45, 2.75) is 11.8 Å². The minimum Gasteiger partial charge on any atom is -0.476 e. The molecule has 100 valence electrons. The van der Waals surface area contributed by atoms with Gasteiger partial charge in [0.05, 0.1) is 12.2 Å². The number of carbonyl (C=O) groups is 2. The van der Waals surface area contributed by atoms with Gasteiger partial charge >= 0.3 is 5.97 Å². The van der Waals surface area contributed by atoms with Gasteiger partial charge in [0.2, 0.25) is 15.9 Å². The minimum atomic E-state index is -4.11. The highest BCUT2D eigenvalue weighted by Gasteiger charge is 2.28. The molecule has 1 aromatic heterocycles. The molecule has 0 saturated heterocycles. The molecule has 0 aromatic carbocycles. The normalized spacial score (nSPS) is 11.2. The number of aryl methyl sites for hydroxylation is 1. The summed E-state index contributed by atoms with van der Waals surface area (Å²) in [5.41, 5.74) is -0.534. The number of rotatable bonds is 5. The first kappa shape index (κ1) is 14.1. The second kappa shape index (κ2) is 5.14. The Bertz CT molecular complexity index is 576. The number of hydrogen-bond donors (Lipinski definition) is 4. The van der Waals surface area contributed by atoms with Crippen molar-refractivity contribution in [1.29, 1.82) is 0 Å². The minimum absolute atomic E-state index is 0.0804. The molecule has 0 saturated carbocycles. The Hall–Kier alpha value is -1.94. The number of amides is 1. The van der Waals surface area contributed by atoms with Gasteiger partial charge in [-0.25, -0.2) is 17.9 Å². The van der Waals surface area contributed by atoms with Gasteiger partial charge in [0.15, 0.2) is 5.69 Å². The monoisotopic (exact) mass is 276 g/mol. The lowest BCUT2D eigenvalue weighted by atomic mass is 10.4. The molecule has 4 N–H and O–H groups in total. The summed E-state index contributed by atoms with van der Waals surface area (Å²) in [4.78, 5) is 21.3. The highest BCUT2D eigenvalue weighted by atomic mass is 32.2. The van der Waals surface area contributed by atoms with Crippen LogP contribution in [0.1, 0.15) is 16.2 Å². The van der Waals surface area contributed by atoms with E-state index >= 15 is 0 Å². The Morgan fingerprint density at radius 3 is 2.56 bits per heavy atom. The summed E-state index contributed by atoms with van der Waals surface area (Å²) in [7, 11) is -2.76. The van der Waals surface area contributed by atoms with E-state index in [0.717, 1.165) is 0 Å². The number of aromatic carboxylic acids is 1. The summed E-state index contributed by atoms with van der Waals surface area (Å²) in [5, 5.41) is 16.7. The molecule has 0 aliphatic carbocycles. The molecule has 0 spiro atoms. The molecular formula is C8H12N4O5S. The van der Waals surface area contributed by atoms with Crippen LogP contribution in [0.4, 0.5) is 0 Å². The number of carbonyl (C=O) groups excluding carboxylic acids is 1. The standard InChI is InChI=1S/C8H12N4O5S/c1-4-7(6(8(14)15)12-11-4)18(16,17)10-3-5(13)9-2/h10H,3H2,1-2H3,(H,9,13)(H,11,12)(H,14,15). The molecule has 0 aliphatic heterocycles. The van der Waals surface area contributed by atoms with Crippen LogP contribution >= 0.6 is 0 Å². The van der Waals surface area contributed by atoms with Crippen LogP contribution in [0.15, 0.2) is 4.90 Å². The maximum Gasteiger partial charge on any atom is 0.357 e. The molecule has 10 heteroatoms. The first-order valence-corrected chi connectivity index (χ1v) is 6.26. The van der Waals surface area contributed by atoms with Crippen LogP contribution in [0.25, 0.3) is 0 Å². The smallest absolute Gasteiger partial charge is 0.357 e. The molecule has 1 amide bonds. The summed E-state index contributed by atoms with van der Waals surface area (Å²) in [6.45, 7) is 0.885. The summed E-state index contributed by atoms with van der Waals surface area (Å²) in [5.74, 6) is -2.02. The number of nitrogens with one attached hydrogen (secondary N) is 3. The van der Waals surface area contributed by atoms with Crippen LogP contribution in [0.5, 0.6) is 0 Å². The number of likely N-dealkylation sites (N-methyl/N-ethyl adjacent to an activating group) is 1. The van der Waals surface area contributed by atoms with E-state index in [1.54, 1.807) is 0 Å². The number of nitrogens with zero attached hydrogens (tertiary/aromatic N) is 1. The van der Waals surface area contributed by atoms with E-state index in [-0.39, 0.29) is 5.69 Å². The third-order valence-corrected chi connectivity index (χ3v) is 3.63. The number of aromatic amines is 1. The van der Waals surface area contributed by atoms with E-state index in [4.69, 9.17) is 5.11 Å². The number of carboxylic acid groups (broad SMARTS) is 1. The fourth-order valence-electron chi connectivity index (χ4n) is 1.21. The van der Waals surface area contributed by atoms with E-state index in [9.17, 15) is 18.0 Å². The van der Waals surface area contributed by atoms with E-state index < -0.39 is 39.0 Å². The Morgan fingerprint density at radius 1 is 1.44 bits per heavy atom. The van der Waals surface area contributed by atoms with Crippen molar-refractivity contribution in [2.75, 3.05) is 13.6 Å².